The van der Waals surface area contributed by atoms with Gasteiger partial charge >= 0.3 is 0 Å². The molecule has 0 bridgehead atoms. The molecule has 3 aromatic rings. The van der Waals surface area contributed by atoms with Crippen LogP contribution in [0.1, 0.15) is 29.9 Å². The zero-order chi connectivity index (χ0) is 20.2. The van der Waals surface area contributed by atoms with Crippen molar-refractivity contribution in [1.82, 2.24) is 8.87 Å². The van der Waals surface area contributed by atoms with Gasteiger partial charge in [-0.2, -0.15) is 0 Å². The summed E-state index contributed by atoms with van der Waals surface area (Å²) in [4.78, 5) is 0. The lowest BCUT2D eigenvalue weighted by molar-refractivity contribution is 0.440. The average molecular weight is 520 g/mol. The van der Waals surface area contributed by atoms with Crippen molar-refractivity contribution in [3.05, 3.63) is 69.4 Å². The highest BCUT2D eigenvalue weighted by molar-refractivity contribution is 14.1. The first-order valence-electron chi connectivity index (χ1n) is 10.2. The lowest BCUT2D eigenvalue weighted by atomic mass is 9.95. The number of halogens is 1. The van der Waals surface area contributed by atoms with E-state index in [1.54, 1.807) is 4.31 Å². The molecule has 4 nitrogen and oxygen atoms in total. The molecule has 29 heavy (non-hydrogen) atoms. The van der Waals surface area contributed by atoms with E-state index in [2.05, 4.69) is 81.9 Å². The summed E-state index contributed by atoms with van der Waals surface area (Å²) in [6.45, 7) is 2.29. The van der Waals surface area contributed by atoms with Gasteiger partial charge in [0, 0.05) is 40.3 Å². The van der Waals surface area contributed by atoms with Gasteiger partial charge in [-0.15, -0.1) is 0 Å². The minimum absolute atomic E-state index is 0.517. The lowest BCUT2D eigenvalue weighted by Crippen LogP contribution is -2.28. The molecular weight excluding hydrogens is 495 g/mol. The first-order chi connectivity index (χ1) is 13.9. The third-order valence-electron chi connectivity index (χ3n) is 6.72. The first-order valence-corrected chi connectivity index (χ1v) is 13.1. The summed E-state index contributed by atoms with van der Waals surface area (Å²) >= 11 is 2.36. The van der Waals surface area contributed by atoms with Gasteiger partial charge in [0.15, 0.2) is 0 Å². The molecule has 5 rings (SSSR count). The van der Waals surface area contributed by atoms with E-state index >= 15 is 0 Å². The highest BCUT2D eigenvalue weighted by Gasteiger charge is 2.43. The molecule has 152 valence electrons. The van der Waals surface area contributed by atoms with Crippen LogP contribution in [0.4, 0.5) is 0 Å². The maximum atomic E-state index is 11.8. The molecule has 0 unspecified atom stereocenters. The summed E-state index contributed by atoms with van der Waals surface area (Å²) < 4.78 is 28.9. The molecule has 1 aliphatic heterocycles. The normalized spacial score (nSPS) is 25.0. The van der Waals surface area contributed by atoms with Gasteiger partial charge < -0.3 is 4.57 Å². The van der Waals surface area contributed by atoms with Gasteiger partial charge in [0.1, 0.15) is 0 Å². The molecule has 2 heterocycles. The maximum absolute atomic E-state index is 11.8. The van der Waals surface area contributed by atoms with Crippen LogP contribution in [0.2, 0.25) is 0 Å². The number of hydrogen-bond acceptors (Lipinski definition) is 2. The largest absolute Gasteiger partial charge is 0.343 e. The predicted octanol–water partition coefficient (Wildman–Crippen LogP) is 4.68. The van der Waals surface area contributed by atoms with Gasteiger partial charge in [0.25, 0.3) is 0 Å². The molecule has 1 saturated heterocycles. The molecule has 1 saturated carbocycles. The number of sulfonamides is 1. The number of benzene rings is 2. The SMILES string of the molecule is CS(=O)(=O)N1C[C@H]2C[C@@H](c3ccc(Cn4ccc5cc(I)ccc54)cc3)C[C@H]2C1. The van der Waals surface area contributed by atoms with E-state index in [4.69, 9.17) is 0 Å². The Kier molecular flexibility index (Phi) is 4.99. The number of nitrogens with zero attached hydrogens (tertiary/aromatic N) is 2. The quantitative estimate of drug-likeness (QED) is 0.469. The van der Waals surface area contributed by atoms with Crippen LogP contribution in [0.15, 0.2) is 54.7 Å². The van der Waals surface area contributed by atoms with Crippen LogP contribution < -0.4 is 0 Å². The van der Waals surface area contributed by atoms with E-state index in [0.717, 1.165) is 19.4 Å². The van der Waals surface area contributed by atoms with Gasteiger partial charge in [-0.3, -0.25) is 0 Å². The van der Waals surface area contributed by atoms with E-state index in [1.165, 1.54) is 31.9 Å². The average Bonchev–Trinajstić information content (AvgIpc) is 3.35. The van der Waals surface area contributed by atoms with E-state index in [1.807, 2.05) is 0 Å². The second kappa shape index (κ2) is 7.39. The van der Waals surface area contributed by atoms with Crippen molar-refractivity contribution < 1.29 is 8.42 Å². The number of rotatable bonds is 4. The molecular formula is C23H25IN2O2S. The van der Waals surface area contributed by atoms with Crippen molar-refractivity contribution in [3.8, 4) is 0 Å². The summed E-state index contributed by atoms with van der Waals surface area (Å²) in [5.41, 5.74) is 3.99. The Hall–Kier alpha value is -1.38. The standard InChI is InChI=1S/C23H25IN2O2S/c1-29(27,28)26-14-20-10-19(11-21(20)15-26)17-4-2-16(3-5-17)13-25-9-8-18-12-22(24)6-7-23(18)25/h2-9,12,19-21H,10-11,13-15H2,1H3/t19-,20-,21+. The van der Waals surface area contributed by atoms with Crippen molar-refractivity contribution in [2.24, 2.45) is 11.8 Å². The van der Waals surface area contributed by atoms with Gasteiger partial charge in [-0.25, -0.2) is 12.7 Å². The van der Waals surface area contributed by atoms with E-state index < -0.39 is 10.0 Å². The molecule has 1 aliphatic carbocycles. The lowest BCUT2D eigenvalue weighted by Gasteiger charge is -2.17. The van der Waals surface area contributed by atoms with Gasteiger partial charge in [-0.05, 0) is 88.6 Å². The van der Waals surface area contributed by atoms with Crippen LogP contribution in [0, 0.1) is 15.4 Å². The van der Waals surface area contributed by atoms with Crippen LogP contribution in [0.5, 0.6) is 0 Å². The summed E-state index contributed by atoms with van der Waals surface area (Å²) in [7, 11) is -3.04. The number of aromatic nitrogens is 1. The molecule has 6 heteroatoms. The van der Waals surface area contributed by atoms with Crippen LogP contribution in [-0.2, 0) is 16.6 Å². The van der Waals surface area contributed by atoms with E-state index in [0.29, 0.717) is 30.8 Å². The fourth-order valence-corrected chi connectivity index (χ4v) is 6.64. The van der Waals surface area contributed by atoms with Gasteiger partial charge in [-0.1, -0.05) is 24.3 Å². The third-order valence-corrected chi connectivity index (χ3v) is 8.63. The number of fused-ring (bicyclic) bond motifs is 2. The summed E-state index contributed by atoms with van der Waals surface area (Å²) in [5, 5.41) is 1.29. The third kappa shape index (κ3) is 3.86. The molecule has 3 atom stereocenters. The van der Waals surface area contributed by atoms with Crippen molar-refractivity contribution in [2.45, 2.75) is 25.3 Å². The van der Waals surface area contributed by atoms with Crippen LogP contribution >= 0.6 is 22.6 Å². The maximum Gasteiger partial charge on any atom is 0.211 e. The Morgan fingerprint density at radius 1 is 1.00 bits per heavy atom. The molecule has 0 N–H and O–H groups in total. The zero-order valence-electron chi connectivity index (χ0n) is 16.5. The molecule has 1 aromatic heterocycles. The van der Waals surface area contributed by atoms with E-state index in [9.17, 15) is 8.42 Å². The smallest absolute Gasteiger partial charge is 0.211 e. The second-order valence-electron chi connectivity index (χ2n) is 8.66. The number of hydrogen-bond donors (Lipinski definition) is 0. The highest BCUT2D eigenvalue weighted by Crippen LogP contribution is 2.46. The Bertz CT molecular complexity index is 1140. The molecule has 2 aliphatic rings. The summed E-state index contributed by atoms with van der Waals surface area (Å²) in [5.74, 6) is 1.60. The molecule has 2 fully saturated rings. The Morgan fingerprint density at radius 3 is 2.34 bits per heavy atom. The minimum Gasteiger partial charge on any atom is -0.343 e. The fourth-order valence-electron chi connectivity index (χ4n) is 5.20. The van der Waals surface area contributed by atoms with Crippen molar-refractivity contribution >= 4 is 43.5 Å². The van der Waals surface area contributed by atoms with Crippen LogP contribution in [-0.4, -0.2) is 36.6 Å². The highest BCUT2D eigenvalue weighted by atomic mass is 127. The van der Waals surface area contributed by atoms with E-state index in [-0.39, 0.29) is 0 Å². The predicted molar refractivity (Wildman–Crippen MR) is 126 cm³/mol. The van der Waals surface area contributed by atoms with Crippen molar-refractivity contribution in [1.29, 1.82) is 0 Å². The Labute approximate surface area is 186 Å². The minimum atomic E-state index is -3.04. The first kappa shape index (κ1) is 19.6. The van der Waals surface area contributed by atoms with Gasteiger partial charge in [0.05, 0.1) is 6.26 Å². The monoisotopic (exact) mass is 520 g/mol. The van der Waals surface area contributed by atoms with Crippen LogP contribution in [0.3, 0.4) is 0 Å². The fraction of sp³-hybridized carbons (Fsp3) is 0.391. The summed E-state index contributed by atoms with van der Waals surface area (Å²) in [6.07, 6.45) is 5.72. The van der Waals surface area contributed by atoms with Gasteiger partial charge in [0.2, 0.25) is 10.0 Å². The topological polar surface area (TPSA) is 42.3 Å². The van der Waals surface area contributed by atoms with Crippen LogP contribution in [0.25, 0.3) is 10.9 Å². The molecule has 0 radical (unpaired) electrons. The second-order valence-corrected chi connectivity index (χ2v) is 11.9. The van der Waals surface area contributed by atoms with Crippen molar-refractivity contribution in [3.63, 3.8) is 0 Å². The van der Waals surface area contributed by atoms with Crippen molar-refractivity contribution in [2.75, 3.05) is 19.3 Å². The summed E-state index contributed by atoms with van der Waals surface area (Å²) in [6, 6.07) is 17.8. The molecule has 0 amide bonds. The Morgan fingerprint density at radius 2 is 1.69 bits per heavy atom. The molecule has 0 spiro atoms. The molecule has 2 aromatic carbocycles. The Balaban J connectivity index is 1.27. The zero-order valence-corrected chi connectivity index (χ0v) is 19.4.